The van der Waals surface area contributed by atoms with Gasteiger partial charge in [-0.15, -0.1) is 0 Å². The molecule has 0 amide bonds. The highest BCUT2D eigenvalue weighted by Crippen LogP contribution is 2.24. The van der Waals surface area contributed by atoms with E-state index < -0.39 is 0 Å². The van der Waals surface area contributed by atoms with Gasteiger partial charge in [0.25, 0.3) is 0 Å². The molecular weight excluding hydrogens is 184 g/mol. The Hall–Kier alpha value is -0.0800. The van der Waals surface area contributed by atoms with Crippen LogP contribution in [0.1, 0.15) is 52.9 Å². The van der Waals surface area contributed by atoms with Gasteiger partial charge < -0.3 is 10.6 Å². The molecule has 0 aromatic carbocycles. The SMILES string of the molecule is CCC(C)N(CC)CC1CCC(N)CC1. The third-order valence-electron chi connectivity index (χ3n) is 4.00. The van der Waals surface area contributed by atoms with E-state index in [4.69, 9.17) is 5.73 Å². The Labute approximate surface area is 95.2 Å². The molecule has 2 N–H and O–H groups in total. The van der Waals surface area contributed by atoms with Crippen molar-refractivity contribution in [2.45, 2.75) is 65.0 Å². The van der Waals surface area contributed by atoms with E-state index in [1.54, 1.807) is 0 Å². The third kappa shape index (κ3) is 4.12. The van der Waals surface area contributed by atoms with Crippen LogP contribution >= 0.6 is 0 Å². The molecule has 0 radical (unpaired) electrons. The van der Waals surface area contributed by atoms with Gasteiger partial charge in [-0.05, 0) is 51.5 Å². The molecule has 90 valence electrons. The van der Waals surface area contributed by atoms with Crippen LogP contribution in [0.25, 0.3) is 0 Å². The fourth-order valence-corrected chi connectivity index (χ4v) is 2.58. The van der Waals surface area contributed by atoms with Crippen molar-refractivity contribution in [3.05, 3.63) is 0 Å². The van der Waals surface area contributed by atoms with Crippen molar-refractivity contribution in [3.8, 4) is 0 Å². The van der Waals surface area contributed by atoms with Gasteiger partial charge in [-0.1, -0.05) is 13.8 Å². The first-order valence-corrected chi connectivity index (χ1v) is 6.67. The second-order valence-electron chi connectivity index (χ2n) is 5.13. The van der Waals surface area contributed by atoms with Crippen molar-refractivity contribution in [2.24, 2.45) is 11.7 Å². The highest BCUT2D eigenvalue weighted by atomic mass is 15.1. The number of rotatable bonds is 5. The molecule has 1 atom stereocenters. The lowest BCUT2D eigenvalue weighted by atomic mass is 9.86. The molecule has 0 saturated heterocycles. The Bertz CT molecular complexity index is 162. The summed E-state index contributed by atoms with van der Waals surface area (Å²) in [4.78, 5) is 2.63. The average molecular weight is 212 g/mol. The Kier molecular flexibility index (Phi) is 5.62. The van der Waals surface area contributed by atoms with Crippen LogP contribution in [-0.4, -0.2) is 30.1 Å². The fraction of sp³-hybridized carbons (Fsp3) is 1.00. The number of hydrogen-bond donors (Lipinski definition) is 1. The van der Waals surface area contributed by atoms with Gasteiger partial charge in [0.05, 0.1) is 0 Å². The molecule has 0 spiro atoms. The Morgan fingerprint density at radius 1 is 1.20 bits per heavy atom. The summed E-state index contributed by atoms with van der Waals surface area (Å²) in [5.74, 6) is 0.902. The van der Waals surface area contributed by atoms with Crippen LogP contribution in [0, 0.1) is 5.92 Å². The molecule has 1 fully saturated rings. The maximum atomic E-state index is 5.93. The fourth-order valence-electron chi connectivity index (χ4n) is 2.58. The highest BCUT2D eigenvalue weighted by molar-refractivity contribution is 4.77. The van der Waals surface area contributed by atoms with Gasteiger partial charge >= 0.3 is 0 Å². The van der Waals surface area contributed by atoms with Crippen molar-refractivity contribution >= 4 is 0 Å². The van der Waals surface area contributed by atoms with Crippen molar-refractivity contribution in [3.63, 3.8) is 0 Å². The lowest BCUT2D eigenvalue weighted by molar-refractivity contribution is 0.157. The summed E-state index contributed by atoms with van der Waals surface area (Å²) < 4.78 is 0. The van der Waals surface area contributed by atoms with Crippen LogP contribution in [0.3, 0.4) is 0 Å². The van der Waals surface area contributed by atoms with Gasteiger partial charge in [0, 0.05) is 18.6 Å². The van der Waals surface area contributed by atoms with Crippen LogP contribution < -0.4 is 5.73 Å². The van der Waals surface area contributed by atoms with Gasteiger partial charge in [0.15, 0.2) is 0 Å². The molecular formula is C13H28N2. The largest absolute Gasteiger partial charge is 0.328 e. The summed E-state index contributed by atoms with van der Waals surface area (Å²) >= 11 is 0. The van der Waals surface area contributed by atoms with Crippen molar-refractivity contribution in [2.75, 3.05) is 13.1 Å². The van der Waals surface area contributed by atoms with Gasteiger partial charge in [-0.2, -0.15) is 0 Å². The topological polar surface area (TPSA) is 29.3 Å². The standard InChI is InChI=1S/C13H28N2/c1-4-11(3)15(5-2)10-12-6-8-13(14)9-7-12/h11-13H,4-10,14H2,1-3H3. The molecule has 2 nitrogen and oxygen atoms in total. The van der Waals surface area contributed by atoms with E-state index in [0.717, 1.165) is 12.0 Å². The Morgan fingerprint density at radius 2 is 1.80 bits per heavy atom. The molecule has 1 rings (SSSR count). The molecule has 0 aromatic rings. The molecule has 1 saturated carbocycles. The normalized spacial score (nSPS) is 29.4. The molecule has 15 heavy (non-hydrogen) atoms. The maximum Gasteiger partial charge on any atom is 0.00643 e. The van der Waals surface area contributed by atoms with Crippen LogP contribution in [0.4, 0.5) is 0 Å². The molecule has 0 bridgehead atoms. The number of nitrogens with zero attached hydrogens (tertiary/aromatic N) is 1. The first-order valence-electron chi connectivity index (χ1n) is 6.67. The summed E-state index contributed by atoms with van der Waals surface area (Å²) in [7, 11) is 0. The van der Waals surface area contributed by atoms with E-state index >= 15 is 0 Å². The smallest absolute Gasteiger partial charge is 0.00643 e. The lowest BCUT2D eigenvalue weighted by Gasteiger charge is -2.34. The first-order chi connectivity index (χ1) is 7.17. The molecule has 1 aliphatic rings. The second kappa shape index (κ2) is 6.49. The minimum Gasteiger partial charge on any atom is -0.328 e. The van der Waals surface area contributed by atoms with Crippen LogP contribution in [0.15, 0.2) is 0 Å². The molecule has 0 aromatic heterocycles. The van der Waals surface area contributed by atoms with Crippen molar-refractivity contribution in [1.29, 1.82) is 0 Å². The second-order valence-corrected chi connectivity index (χ2v) is 5.13. The van der Waals surface area contributed by atoms with Crippen LogP contribution in [-0.2, 0) is 0 Å². The summed E-state index contributed by atoms with van der Waals surface area (Å²) in [6.07, 6.45) is 6.42. The van der Waals surface area contributed by atoms with E-state index in [1.165, 1.54) is 45.2 Å². The van der Waals surface area contributed by atoms with E-state index in [0.29, 0.717) is 6.04 Å². The van der Waals surface area contributed by atoms with Gasteiger partial charge in [0.2, 0.25) is 0 Å². The maximum absolute atomic E-state index is 5.93. The predicted molar refractivity (Wildman–Crippen MR) is 66.9 cm³/mol. The van der Waals surface area contributed by atoms with E-state index in [9.17, 15) is 0 Å². The zero-order chi connectivity index (χ0) is 11.3. The van der Waals surface area contributed by atoms with Gasteiger partial charge in [-0.25, -0.2) is 0 Å². The van der Waals surface area contributed by atoms with E-state index in [-0.39, 0.29) is 0 Å². The van der Waals surface area contributed by atoms with Crippen LogP contribution in [0.5, 0.6) is 0 Å². The monoisotopic (exact) mass is 212 g/mol. The van der Waals surface area contributed by atoms with Gasteiger partial charge in [0.1, 0.15) is 0 Å². The molecule has 1 unspecified atom stereocenters. The first kappa shape index (κ1) is 13.0. The summed E-state index contributed by atoms with van der Waals surface area (Å²) in [6, 6.07) is 1.23. The number of nitrogens with two attached hydrogens (primary N) is 1. The lowest BCUT2D eigenvalue weighted by Crippen LogP contribution is -2.38. The van der Waals surface area contributed by atoms with Crippen LogP contribution in [0.2, 0.25) is 0 Å². The third-order valence-corrected chi connectivity index (χ3v) is 4.00. The molecule has 0 aliphatic heterocycles. The zero-order valence-electron chi connectivity index (χ0n) is 10.7. The Morgan fingerprint density at radius 3 is 2.27 bits per heavy atom. The molecule has 2 heteroatoms. The summed E-state index contributed by atoms with van der Waals surface area (Å²) in [6.45, 7) is 9.39. The van der Waals surface area contributed by atoms with Crippen molar-refractivity contribution < 1.29 is 0 Å². The van der Waals surface area contributed by atoms with Gasteiger partial charge in [-0.3, -0.25) is 0 Å². The zero-order valence-corrected chi connectivity index (χ0v) is 10.7. The van der Waals surface area contributed by atoms with E-state index in [1.807, 2.05) is 0 Å². The van der Waals surface area contributed by atoms with E-state index in [2.05, 4.69) is 25.7 Å². The predicted octanol–water partition coefficient (Wildman–Crippen LogP) is 2.62. The minimum atomic E-state index is 0.486. The number of hydrogen-bond acceptors (Lipinski definition) is 2. The Balaban J connectivity index is 2.32. The minimum absolute atomic E-state index is 0.486. The summed E-state index contributed by atoms with van der Waals surface area (Å²) in [5.41, 5.74) is 5.93. The molecule has 0 heterocycles. The quantitative estimate of drug-likeness (QED) is 0.759. The summed E-state index contributed by atoms with van der Waals surface area (Å²) in [5, 5.41) is 0. The average Bonchev–Trinajstić information content (AvgIpc) is 2.27. The molecule has 1 aliphatic carbocycles. The van der Waals surface area contributed by atoms with Crippen molar-refractivity contribution in [1.82, 2.24) is 4.90 Å². The highest BCUT2D eigenvalue weighted by Gasteiger charge is 2.21.